The van der Waals surface area contributed by atoms with E-state index >= 15 is 0 Å². The number of guanidine groups is 1. The summed E-state index contributed by atoms with van der Waals surface area (Å²) >= 11 is 0. The number of hydrogen-bond donors (Lipinski definition) is 5. The van der Waals surface area contributed by atoms with E-state index in [0.717, 1.165) is 31.1 Å². The van der Waals surface area contributed by atoms with Gasteiger partial charge < -0.3 is 26.0 Å². The summed E-state index contributed by atoms with van der Waals surface area (Å²) in [6, 6.07) is 10.0. The first-order chi connectivity index (χ1) is 19.5. The van der Waals surface area contributed by atoms with E-state index in [1.165, 1.54) is 17.0 Å². The van der Waals surface area contributed by atoms with E-state index in [1.54, 1.807) is 23.1 Å². The van der Waals surface area contributed by atoms with Gasteiger partial charge in [-0.1, -0.05) is 43.2 Å². The average Bonchev–Trinajstić information content (AvgIpc) is 3.48. The zero-order valence-electron chi connectivity index (χ0n) is 22.9. The minimum absolute atomic E-state index is 0.0276. The Balaban J connectivity index is 1.54. The van der Waals surface area contributed by atoms with Gasteiger partial charge in [0.05, 0.1) is 11.3 Å². The van der Waals surface area contributed by atoms with Crippen molar-refractivity contribution in [1.82, 2.24) is 19.8 Å². The topological polar surface area (TPSA) is 186 Å². The minimum Gasteiger partial charge on any atom is -0.480 e. The maximum absolute atomic E-state index is 13.8. The Labute approximate surface area is 239 Å². The summed E-state index contributed by atoms with van der Waals surface area (Å²) in [6.45, 7) is 0.888. The van der Waals surface area contributed by atoms with E-state index < -0.39 is 46.8 Å². The molecule has 6 N–H and O–H groups in total. The van der Waals surface area contributed by atoms with Crippen LogP contribution in [0.2, 0.25) is 0 Å². The van der Waals surface area contributed by atoms with Crippen LogP contribution in [0.1, 0.15) is 44.9 Å². The molecule has 2 aromatic carbocycles. The van der Waals surface area contributed by atoms with Crippen molar-refractivity contribution in [1.29, 1.82) is 5.41 Å². The summed E-state index contributed by atoms with van der Waals surface area (Å²) in [5, 5.41) is 21.5. The molecule has 0 unspecified atom stereocenters. The van der Waals surface area contributed by atoms with Crippen molar-refractivity contribution in [3.8, 4) is 0 Å². The molecule has 2 aliphatic rings. The van der Waals surface area contributed by atoms with Crippen LogP contribution in [0.3, 0.4) is 0 Å². The molecule has 1 saturated carbocycles. The second-order valence-corrected chi connectivity index (χ2v) is 12.5. The molecule has 0 bridgehead atoms. The summed E-state index contributed by atoms with van der Waals surface area (Å²) in [5.74, 6) is -2.47. The number of carbonyl (C=O) groups is 3. The largest absolute Gasteiger partial charge is 0.480 e. The Kier molecular flexibility index (Phi) is 9.81. The first-order valence-corrected chi connectivity index (χ1v) is 15.4. The molecular weight excluding hydrogens is 548 g/mol. The quantitative estimate of drug-likeness (QED) is 0.193. The number of nitrogens with two attached hydrogens (primary N) is 1. The number of nitrogens with one attached hydrogen (secondary N) is 3. The van der Waals surface area contributed by atoms with Crippen molar-refractivity contribution >= 4 is 44.5 Å². The third-order valence-corrected chi connectivity index (χ3v) is 9.29. The maximum atomic E-state index is 13.8. The number of hydrogen-bond acceptors (Lipinski definition) is 6. The fourth-order valence-corrected chi connectivity index (χ4v) is 6.91. The van der Waals surface area contributed by atoms with Crippen LogP contribution in [-0.2, 0) is 24.4 Å². The summed E-state index contributed by atoms with van der Waals surface area (Å²) in [5.41, 5.74) is 5.61. The van der Waals surface area contributed by atoms with Crippen molar-refractivity contribution < 1.29 is 27.9 Å². The number of carboxylic acid groups (broad SMARTS) is 1. The molecular formula is C28H38N6O6S. The number of benzene rings is 2. The SMILES string of the molecule is N=C(N)N1CCC[C@H](CNC(=O)C[C@H](NS(=O)(=O)c2ccc3ccccc3c2)C(=O)N(CC(=O)O)C2CCCC2)C1. The second-order valence-electron chi connectivity index (χ2n) is 10.8. The molecule has 2 aromatic rings. The number of rotatable bonds is 11. The lowest BCUT2D eigenvalue weighted by Crippen LogP contribution is -2.54. The van der Waals surface area contributed by atoms with E-state index in [4.69, 9.17) is 11.1 Å². The summed E-state index contributed by atoms with van der Waals surface area (Å²) < 4.78 is 29.4. The summed E-state index contributed by atoms with van der Waals surface area (Å²) in [7, 11) is -4.25. The molecule has 0 radical (unpaired) electrons. The zero-order chi connectivity index (χ0) is 29.6. The average molecular weight is 587 g/mol. The highest BCUT2D eigenvalue weighted by Gasteiger charge is 2.36. The molecule has 4 rings (SSSR count). The number of sulfonamides is 1. The van der Waals surface area contributed by atoms with Crippen molar-refractivity contribution in [3.05, 3.63) is 42.5 Å². The summed E-state index contributed by atoms with van der Waals surface area (Å²) in [6.07, 6.45) is 4.06. The first kappa shape index (κ1) is 30.3. The molecule has 2 atom stereocenters. The fourth-order valence-electron chi connectivity index (χ4n) is 5.68. The molecule has 0 spiro atoms. The fraction of sp³-hybridized carbons (Fsp3) is 0.500. The molecule has 1 saturated heterocycles. The second kappa shape index (κ2) is 13.3. The lowest BCUT2D eigenvalue weighted by atomic mass is 9.98. The van der Waals surface area contributed by atoms with E-state index in [1.807, 2.05) is 12.1 Å². The van der Waals surface area contributed by atoms with E-state index in [2.05, 4.69) is 10.0 Å². The number of aliphatic carboxylic acids is 1. The number of amides is 2. The molecule has 1 aliphatic carbocycles. The van der Waals surface area contributed by atoms with Gasteiger partial charge in [-0.15, -0.1) is 0 Å². The Bertz CT molecular complexity index is 1390. The third-order valence-electron chi connectivity index (χ3n) is 7.82. The standard InChI is InChI=1S/C28H38N6O6S/c29-28(30)33-13-5-6-19(17-33)16-31-25(35)15-24(27(38)34(18-26(36)37)22-9-3-4-10-22)32-41(39,40)23-12-11-20-7-1-2-8-21(20)14-23/h1-2,7-8,11-12,14,19,22,24,32H,3-6,9-10,13,15-18H2,(H3,29,30)(H,31,35)(H,36,37)/t19-,24+/m1/s1. The molecule has 41 heavy (non-hydrogen) atoms. The Morgan fingerprint density at radius 1 is 1.07 bits per heavy atom. The van der Waals surface area contributed by atoms with Crippen LogP contribution in [0.25, 0.3) is 10.8 Å². The molecule has 1 aliphatic heterocycles. The predicted octanol–water partition coefficient (Wildman–Crippen LogP) is 1.45. The molecule has 0 aromatic heterocycles. The van der Waals surface area contributed by atoms with Crippen LogP contribution >= 0.6 is 0 Å². The van der Waals surface area contributed by atoms with Gasteiger partial charge in [-0.05, 0) is 54.5 Å². The molecule has 12 nitrogen and oxygen atoms in total. The van der Waals surface area contributed by atoms with Crippen molar-refractivity contribution in [2.45, 2.75) is 61.9 Å². The Morgan fingerprint density at radius 2 is 1.78 bits per heavy atom. The highest BCUT2D eigenvalue weighted by molar-refractivity contribution is 7.89. The van der Waals surface area contributed by atoms with Crippen LogP contribution in [0.4, 0.5) is 0 Å². The van der Waals surface area contributed by atoms with Crippen LogP contribution < -0.4 is 15.8 Å². The van der Waals surface area contributed by atoms with E-state index in [-0.39, 0.29) is 29.4 Å². The highest BCUT2D eigenvalue weighted by atomic mass is 32.2. The Morgan fingerprint density at radius 3 is 2.46 bits per heavy atom. The van der Waals surface area contributed by atoms with Gasteiger partial charge in [0.2, 0.25) is 21.8 Å². The van der Waals surface area contributed by atoms with E-state index in [0.29, 0.717) is 31.3 Å². The van der Waals surface area contributed by atoms with Gasteiger partial charge >= 0.3 is 5.97 Å². The lowest BCUT2D eigenvalue weighted by molar-refractivity contribution is -0.147. The number of carbonyl (C=O) groups excluding carboxylic acids is 2. The van der Waals surface area contributed by atoms with Crippen LogP contribution in [0, 0.1) is 11.3 Å². The molecule has 222 valence electrons. The number of nitrogens with zero attached hydrogens (tertiary/aromatic N) is 2. The minimum atomic E-state index is -4.25. The van der Waals surface area contributed by atoms with Gasteiger partial charge in [-0.3, -0.25) is 19.8 Å². The van der Waals surface area contributed by atoms with Crippen LogP contribution in [0.5, 0.6) is 0 Å². The summed E-state index contributed by atoms with van der Waals surface area (Å²) in [4.78, 5) is 41.3. The van der Waals surface area contributed by atoms with Gasteiger partial charge in [0.1, 0.15) is 12.6 Å². The van der Waals surface area contributed by atoms with Gasteiger partial charge in [-0.2, -0.15) is 4.72 Å². The van der Waals surface area contributed by atoms with Gasteiger partial charge in [-0.25, -0.2) is 8.42 Å². The van der Waals surface area contributed by atoms with Crippen LogP contribution in [0.15, 0.2) is 47.4 Å². The lowest BCUT2D eigenvalue weighted by Gasteiger charge is -2.33. The van der Waals surface area contributed by atoms with Crippen molar-refractivity contribution in [2.75, 3.05) is 26.2 Å². The van der Waals surface area contributed by atoms with Gasteiger partial charge in [0.15, 0.2) is 5.96 Å². The van der Waals surface area contributed by atoms with Gasteiger partial charge in [0.25, 0.3) is 0 Å². The Hall–Kier alpha value is -3.71. The highest BCUT2D eigenvalue weighted by Crippen LogP contribution is 2.25. The number of fused-ring (bicyclic) bond motifs is 1. The molecule has 1 heterocycles. The smallest absolute Gasteiger partial charge is 0.323 e. The monoisotopic (exact) mass is 586 g/mol. The zero-order valence-corrected chi connectivity index (χ0v) is 23.7. The predicted molar refractivity (Wildman–Crippen MR) is 154 cm³/mol. The molecule has 13 heteroatoms. The number of piperidine rings is 1. The van der Waals surface area contributed by atoms with Crippen molar-refractivity contribution in [2.24, 2.45) is 11.7 Å². The van der Waals surface area contributed by atoms with Crippen LogP contribution in [-0.4, -0.2) is 85.3 Å². The first-order valence-electron chi connectivity index (χ1n) is 13.9. The molecule has 2 fully saturated rings. The number of carboxylic acids is 1. The maximum Gasteiger partial charge on any atom is 0.323 e. The molecule has 2 amide bonds. The number of likely N-dealkylation sites (tertiary alicyclic amines) is 1. The van der Waals surface area contributed by atoms with Gasteiger partial charge in [0, 0.05) is 25.7 Å². The normalized spacial score (nSPS) is 18.6. The van der Waals surface area contributed by atoms with E-state index in [9.17, 15) is 27.9 Å². The van der Waals surface area contributed by atoms with Crippen molar-refractivity contribution in [3.63, 3.8) is 0 Å². The third kappa shape index (κ3) is 7.94.